The minimum atomic E-state index is 0.0174. The summed E-state index contributed by atoms with van der Waals surface area (Å²) in [6, 6.07) is 16.4. The van der Waals surface area contributed by atoms with E-state index >= 15 is 0 Å². The molecule has 1 heterocycles. The molecule has 0 atom stereocenters. The first-order chi connectivity index (χ1) is 12.7. The van der Waals surface area contributed by atoms with Gasteiger partial charge in [-0.1, -0.05) is 49.7 Å². The van der Waals surface area contributed by atoms with Gasteiger partial charge in [-0.05, 0) is 42.5 Å². The Labute approximate surface area is 155 Å². The topological polar surface area (TPSA) is 44.7 Å². The number of unbranched alkanes of at least 4 members (excludes halogenated alkanes) is 1. The van der Waals surface area contributed by atoms with Crippen molar-refractivity contribution in [2.24, 2.45) is 4.99 Å². The summed E-state index contributed by atoms with van der Waals surface area (Å²) in [5, 5.41) is 3.41. The van der Waals surface area contributed by atoms with Crippen LogP contribution in [0.1, 0.15) is 41.3 Å². The SMILES string of the molecule is CCCCc1ccc(CCNC2=Nc3ccccc3C(=O)N(C)C2)cc1. The van der Waals surface area contributed by atoms with Crippen LogP contribution in [0.15, 0.2) is 53.5 Å². The van der Waals surface area contributed by atoms with Gasteiger partial charge >= 0.3 is 0 Å². The van der Waals surface area contributed by atoms with E-state index in [0.29, 0.717) is 12.1 Å². The molecule has 2 aromatic carbocycles. The van der Waals surface area contributed by atoms with Gasteiger partial charge in [0.2, 0.25) is 0 Å². The molecule has 0 saturated heterocycles. The maximum Gasteiger partial charge on any atom is 0.256 e. The summed E-state index contributed by atoms with van der Waals surface area (Å²) in [5.41, 5.74) is 4.13. The van der Waals surface area contributed by atoms with E-state index in [4.69, 9.17) is 0 Å². The Morgan fingerprint density at radius 2 is 1.73 bits per heavy atom. The smallest absolute Gasteiger partial charge is 0.256 e. The second-order valence-electron chi connectivity index (χ2n) is 6.83. The van der Waals surface area contributed by atoms with E-state index in [-0.39, 0.29) is 5.91 Å². The number of nitrogens with zero attached hydrogens (tertiary/aromatic N) is 2. The zero-order valence-electron chi connectivity index (χ0n) is 15.7. The molecule has 4 nitrogen and oxygen atoms in total. The van der Waals surface area contributed by atoms with E-state index in [2.05, 4.69) is 41.5 Å². The number of likely N-dealkylation sites (N-methyl/N-ethyl adjacent to an activating group) is 1. The molecule has 0 bridgehead atoms. The van der Waals surface area contributed by atoms with Gasteiger partial charge in [-0.25, -0.2) is 4.99 Å². The average Bonchev–Trinajstić information content (AvgIpc) is 2.78. The van der Waals surface area contributed by atoms with E-state index in [1.807, 2.05) is 31.3 Å². The fourth-order valence-electron chi connectivity index (χ4n) is 3.13. The number of hydrogen-bond acceptors (Lipinski definition) is 3. The summed E-state index contributed by atoms with van der Waals surface area (Å²) in [6.07, 6.45) is 4.57. The molecular formula is C22H27N3O. The lowest BCUT2D eigenvalue weighted by Crippen LogP contribution is -2.37. The van der Waals surface area contributed by atoms with Crippen molar-refractivity contribution in [2.45, 2.75) is 32.6 Å². The summed E-state index contributed by atoms with van der Waals surface area (Å²) < 4.78 is 0. The van der Waals surface area contributed by atoms with E-state index in [0.717, 1.165) is 30.9 Å². The number of aliphatic imine (C=N–C) groups is 1. The number of nitrogens with one attached hydrogen (secondary N) is 1. The van der Waals surface area contributed by atoms with E-state index in [1.165, 1.54) is 24.0 Å². The van der Waals surface area contributed by atoms with Gasteiger partial charge in [0.05, 0.1) is 17.8 Å². The fraction of sp³-hybridized carbons (Fsp3) is 0.364. The third kappa shape index (κ3) is 4.51. The lowest BCUT2D eigenvalue weighted by Gasteiger charge is -2.16. The molecule has 0 aliphatic carbocycles. The minimum absolute atomic E-state index is 0.0174. The van der Waals surface area contributed by atoms with Crippen molar-refractivity contribution in [2.75, 3.05) is 20.1 Å². The van der Waals surface area contributed by atoms with Crippen molar-refractivity contribution >= 4 is 17.4 Å². The number of rotatable bonds is 6. The van der Waals surface area contributed by atoms with E-state index in [9.17, 15) is 4.79 Å². The highest BCUT2D eigenvalue weighted by atomic mass is 16.2. The number of fused-ring (bicyclic) bond motifs is 1. The maximum atomic E-state index is 12.4. The second-order valence-corrected chi connectivity index (χ2v) is 6.83. The van der Waals surface area contributed by atoms with Crippen molar-refractivity contribution in [1.82, 2.24) is 10.2 Å². The van der Waals surface area contributed by atoms with Crippen LogP contribution in [0, 0.1) is 0 Å². The Kier molecular flexibility index (Phi) is 6.05. The Morgan fingerprint density at radius 3 is 2.46 bits per heavy atom. The number of benzene rings is 2. The summed E-state index contributed by atoms with van der Waals surface area (Å²) in [7, 11) is 1.82. The van der Waals surface area contributed by atoms with Crippen LogP contribution >= 0.6 is 0 Å². The van der Waals surface area contributed by atoms with Gasteiger partial charge in [-0.3, -0.25) is 4.79 Å². The molecule has 2 aromatic rings. The van der Waals surface area contributed by atoms with Crippen LogP contribution < -0.4 is 5.32 Å². The molecular weight excluding hydrogens is 322 g/mol. The van der Waals surface area contributed by atoms with Gasteiger partial charge in [0.1, 0.15) is 5.84 Å². The number of carbonyl (C=O) groups excluding carboxylic acids is 1. The molecule has 1 aliphatic heterocycles. The molecule has 1 amide bonds. The summed E-state index contributed by atoms with van der Waals surface area (Å²) in [6.45, 7) is 3.53. The molecule has 1 N–H and O–H groups in total. The fourth-order valence-corrected chi connectivity index (χ4v) is 3.13. The summed E-state index contributed by atoms with van der Waals surface area (Å²) in [4.78, 5) is 18.8. The third-order valence-corrected chi connectivity index (χ3v) is 4.71. The van der Waals surface area contributed by atoms with Gasteiger partial charge in [-0.15, -0.1) is 0 Å². The number of aryl methyl sites for hydroxylation is 1. The predicted octanol–water partition coefficient (Wildman–Crippen LogP) is 3.98. The van der Waals surface area contributed by atoms with Crippen LogP contribution in [-0.2, 0) is 12.8 Å². The van der Waals surface area contributed by atoms with Gasteiger partial charge in [0.25, 0.3) is 5.91 Å². The van der Waals surface area contributed by atoms with Crippen LogP contribution in [0.5, 0.6) is 0 Å². The maximum absolute atomic E-state index is 12.4. The lowest BCUT2D eigenvalue weighted by atomic mass is 10.0. The zero-order chi connectivity index (χ0) is 18.4. The molecule has 0 fully saturated rings. The Morgan fingerprint density at radius 1 is 1.04 bits per heavy atom. The zero-order valence-corrected chi connectivity index (χ0v) is 15.7. The van der Waals surface area contributed by atoms with Gasteiger partial charge < -0.3 is 10.2 Å². The normalized spacial score (nSPS) is 13.8. The minimum Gasteiger partial charge on any atom is -0.372 e. The first kappa shape index (κ1) is 18.2. The van der Waals surface area contributed by atoms with Crippen molar-refractivity contribution in [3.05, 3.63) is 65.2 Å². The number of carbonyl (C=O) groups is 1. The van der Waals surface area contributed by atoms with Crippen molar-refractivity contribution < 1.29 is 4.79 Å². The van der Waals surface area contributed by atoms with Crippen molar-refractivity contribution in [3.8, 4) is 0 Å². The molecule has 0 radical (unpaired) electrons. The summed E-state index contributed by atoms with van der Waals surface area (Å²) >= 11 is 0. The molecule has 0 aromatic heterocycles. The van der Waals surface area contributed by atoms with Crippen LogP contribution in [0.25, 0.3) is 0 Å². The molecule has 3 rings (SSSR count). The highest BCUT2D eigenvalue weighted by Gasteiger charge is 2.20. The molecule has 26 heavy (non-hydrogen) atoms. The van der Waals surface area contributed by atoms with Gasteiger partial charge in [-0.2, -0.15) is 0 Å². The highest BCUT2D eigenvalue weighted by molar-refractivity contribution is 6.04. The second kappa shape index (κ2) is 8.65. The van der Waals surface area contributed by atoms with Gasteiger partial charge in [0, 0.05) is 13.6 Å². The first-order valence-electron chi connectivity index (χ1n) is 9.41. The molecule has 136 valence electrons. The molecule has 1 aliphatic rings. The third-order valence-electron chi connectivity index (χ3n) is 4.71. The van der Waals surface area contributed by atoms with Crippen LogP contribution in [0.4, 0.5) is 5.69 Å². The van der Waals surface area contributed by atoms with Gasteiger partial charge in [0.15, 0.2) is 0 Å². The quantitative estimate of drug-likeness (QED) is 0.857. The van der Waals surface area contributed by atoms with E-state index < -0.39 is 0 Å². The Bertz CT molecular complexity index is 780. The largest absolute Gasteiger partial charge is 0.372 e. The standard InChI is InChI=1S/C22H27N3O/c1-3-4-7-17-10-12-18(13-11-17)14-15-23-21-16-25(2)22(26)19-8-5-6-9-20(19)24-21/h5-6,8-13H,3-4,7,14-16H2,1-2H3,(H,23,24). The van der Waals surface area contributed by atoms with Crippen LogP contribution in [0.3, 0.4) is 0 Å². The number of amides is 1. The van der Waals surface area contributed by atoms with Crippen LogP contribution in [-0.4, -0.2) is 36.8 Å². The number of hydrogen-bond donors (Lipinski definition) is 1. The predicted molar refractivity (Wildman–Crippen MR) is 107 cm³/mol. The Balaban J connectivity index is 1.59. The average molecular weight is 349 g/mol. The molecule has 0 unspecified atom stereocenters. The molecule has 0 saturated carbocycles. The monoisotopic (exact) mass is 349 g/mol. The summed E-state index contributed by atoms with van der Waals surface area (Å²) in [5.74, 6) is 0.856. The number of para-hydroxylation sites is 1. The van der Waals surface area contributed by atoms with Crippen molar-refractivity contribution in [3.63, 3.8) is 0 Å². The Hall–Kier alpha value is -2.62. The highest BCUT2D eigenvalue weighted by Crippen LogP contribution is 2.22. The van der Waals surface area contributed by atoms with E-state index in [1.54, 1.807) is 4.90 Å². The first-order valence-corrected chi connectivity index (χ1v) is 9.41. The number of amidine groups is 1. The lowest BCUT2D eigenvalue weighted by molar-refractivity contribution is 0.0816. The van der Waals surface area contributed by atoms with Crippen molar-refractivity contribution in [1.29, 1.82) is 0 Å². The van der Waals surface area contributed by atoms with Crippen LogP contribution in [0.2, 0.25) is 0 Å². The molecule has 4 heteroatoms. The molecule has 0 spiro atoms.